The summed E-state index contributed by atoms with van der Waals surface area (Å²) in [6, 6.07) is 10.1. The van der Waals surface area contributed by atoms with E-state index in [2.05, 4.69) is 37.6 Å². The molecule has 3 rings (SSSR count). The lowest BCUT2D eigenvalue weighted by molar-refractivity contribution is 0.102. The highest BCUT2D eigenvalue weighted by Gasteiger charge is 2.16. The summed E-state index contributed by atoms with van der Waals surface area (Å²) >= 11 is 10.4. The van der Waals surface area contributed by atoms with E-state index in [1.807, 2.05) is 25.1 Å². The lowest BCUT2D eigenvalue weighted by atomic mass is 10.2. The molecule has 1 amide bonds. The Labute approximate surface area is 168 Å². The van der Waals surface area contributed by atoms with Crippen molar-refractivity contribution in [3.63, 3.8) is 0 Å². The first-order chi connectivity index (χ1) is 12.7. The van der Waals surface area contributed by atoms with Gasteiger partial charge in [0, 0.05) is 5.75 Å². The van der Waals surface area contributed by atoms with Crippen LogP contribution in [-0.4, -0.2) is 31.8 Å². The summed E-state index contributed by atoms with van der Waals surface area (Å²) in [5, 5.41) is 11.9. The highest BCUT2D eigenvalue weighted by Crippen LogP contribution is 2.28. The fraction of sp³-hybridized carbons (Fsp3) is 0.188. The number of carbonyl (C=O) groups is 1. The lowest BCUT2D eigenvalue weighted by Gasteiger charge is -2.04. The number of halogens is 1. The van der Waals surface area contributed by atoms with Crippen molar-refractivity contribution >= 4 is 57.5 Å². The molecule has 0 saturated carbocycles. The Hall–Kier alpha value is -1.68. The predicted molar refractivity (Wildman–Crippen MR) is 107 cm³/mol. The first kappa shape index (κ1) is 19.1. The topological polar surface area (TPSA) is 80.7 Å². The molecule has 0 radical (unpaired) electrons. The van der Waals surface area contributed by atoms with Gasteiger partial charge in [-0.05, 0) is 11.3 Å². The van der Waals surface area contributed by atoms with Crippen molar-refractivity contribution in [3.05, 3.63) is 52.8 Å². The number of benzene rings is 1. The summed E-state index contributed by atoms with van der Waals surface area (Å²) < 4.78 is 0.778. The maximum absolute atomic E-state index is 12.4. The molecule has 0 aliphatic rings. The van der Waals surface area contributed by atoms with Crippen LogP contribution in [0.2, 0.25) is 5.02 Å². The highest BCUT2D eigenvalue weighted by molar-refractivity contribution is 8.00. The van der Waals surface area contributed by atoms with Gasteiger partial charge in [-0.3, -0.25) is 10.1 Å². The van der Waals surface area contributed by atoms with Crippen LogP contribution in [0.3, 0.4) is 0 Å². The average Bonchev–Trinajstić information content (AvgIpc) is 3.10. The third-order valence-electron chi connectivity index (χ3n) is 3.04. The van der Waals surface area contributed by atoms with Gasteiger partial charge in [0.2, 0.25) is 5.13 Å². The molecule has 0 aliphatic carbocycles. The van der Waals surface area contributed by atoms with E-state index in [0.717, 1.165) is 15.8 Å². The van der Waals surface area contributed by atoms with Crippen LogP contribution in [0.4, 0.5) is 5.13 Å². The molecule has 0 unspecified atom stereocenters. The number of hydrogen-bond donors (Lipinski definition) is 1. The van der Waals surface area contributed by atoms with Crippen LogP contribution >= 0.6 is 46.5 Å². The molecular formula is C16H14ClN5OS3. The molecule has 0 spiro atoms. The van der Waals surface area contributed by atoms with Gasteiger partial charge >= 0.3 is 0 Å². The molecule has 3 aromatic rings. The third kappa shape index (κ3) is 5.16. The zero-order chi connectivity index (χ0) is 18.4. The van der Waals surface area contributed by atoms with E-state index < -0.39 is 5.91 Å². The summed E-state index contributed by atoms with van der Waals surface area (Å²) in [6.07, 6.45) is 1.43. The summed E-state index contributed by atoms with van der Waals surface area (Å²) in [4.78, 5) is 20.7. The molecule has 1 aromatic carbocycles. The largest absolute Gasteiger partial charge is 0.295 e. The van der Waals surface area contributed by atoms with Crippen molar-refractivity contribution in [1.82, 2.24) is 20.2 Å². The van der Waals surface area contributed by atoms with Crippen molar-refractivity contribution in [1.29, 1.82) is 0 Å². The van der Waals surface area contributed by atoms with Gasteiger partial charge < -0.3 is 0 Å². The van der Waals surface area contributed by atoms with Crippen molar-refractivity contribution < 1.29 is 4.79 Å². The van der Waals surface area contributed by atoms with Crippen molar-refractivity contribution in [2.75, 3.05) is 11.1 Å². The number of nitrogens with one attached hydrogen (secondary N) is 1. The summed E-state index contributed by atoms with van der Waals surface area (Å²) in [6.45, 7) is 1.98. The Morgan fingerprint density at radius 2 is 2.04 bits per heavy atom. The fourth-order valence-corrected chi connectivity index (χ4v) is 4.32. The fourth-order valence-electron chi connectivity index (χ4n) is 1.90. The quantitative estimate of drug-likeness (QED) is 0.337. The number of amides is 1. The zero-order valence-electron chi connectivity index (χ0n) is 13.7. The minimum Gasteiger partial charge on any atom is -0.295 e. The van der Waals surface area contributed by atoms with Gasteiger partial charge in [-0.2, -0.15) is 0 Å². The van der Waals surface area contributed by atoms with E-state index in [1.54, 1.807) is 11.8 Å². The van der Waals surface area contributed by atoms with Crippen LogP contribution in [0.15, 0.2) is 46.0 Å². The molecule has 26 heavy (non-hydrogen) atoms. The number of aromatic nitrogens is 4. The molecule has 1 N–H and O–H groups in total. The van der Waals surface area contributed by atoms with Gasteiger partial charge in [0.05, 0.1) is 11.2 Å². The maximum Gasteiger partial charge on any atom is 0.277 e. The highest BCUT2D eigenvalue weighted by atomic mass is 35.5. The van der Waals surface area contributed by atoms with Crippen LogP contribution in [-0.2, 0) is 5.75 Å². The standard InChI is InChI=1S/C16H14ClN5OS3/c1-2-24-14-18-8-11(17)12(19-14)13(23)20-15-21-22-16(26-15)25-9-10-6-4-3-5-7-10/h3-8H,2,9H2,1H3,(H,20,21,23). The summed E-state index contributed by atoms with van der Waals surface area (Å²) in [5.41, 5.74) is 1.33. The summed E-state index contributed by atoms with van der Waals surface area (Å²) in [7, 11) is 0. The third-order valence-corrected chi connectivity index (χ3v) is 6.11. The van der Waals surface area contributed by atoms with Crippen molar-refractivity contribution in [3.8, 4) is 0 Å². The van der Waals surface area contributed by atoms with E-state index >= 15 is 0 Å². The number of thioether (sulfide) groups is 2. The van der Waals surface area contributed by atoms with E-state index in [-0.39, 0.29) is 10.7 Å². The Kier molecular flexibility index (Phi) is 6.84. The van der Waals surface area contributed by atoms with Gasteiger partial charge in [0.25, 0.3) is 5.91 Å². The molecule has 0 saturated heterocycles. The minimum absolute atomic E-state index is 0.131. The molecule has 2 heterocycles. The SMILES string of the molecule is CCSc1ncc(Cl)c(C(=O)Nc2nnc(SCc3ccccc3)s2)n1. The molecule has 10 heteroatoms. The second-order valence-electron chi connectivity index (χ2n) is 4.88. The Bertz CT molecular complexity index is 891. The number of nitrogens with zero attached hydrogens (tertiary/aromatic N) is 4. The molecule has 0 bridgehead atoms. The van der Waals surface area contributed by atoms with Crippen molar-refractivity contribution in [2.24, 2.45) is 0 Å². The van der Waals surface area contributed by atoms with Crippen LogP contribution < -0.4 is 5.32 Å². The summed E-state index contributed by atoms with van der Waals surface area (Å²) in [5.74, 6) is 1.17. The van der Waals surface area contributed by atoms with Crippen LogP contribution in [0.1, 0.15) is 23.0 Å². The second-order valence-corrected chi connectivity index (χ2v) is 8.72. The number of hydrogen-bond acceptors (Lipinski definition) is 8. The normalized spacial score (nSPS) is 10.7. The number of carbonyl (C=O) groups excluding carboxylic acids is 1. The van der Waals surface area contributed by atoms with Gasteiger partial charge in [-0.25, -0.2) is 9.97 Å². The number of anilines is 1. The average molecular weight is 424 g/mol. The van der Waals surface area contributed by atoms with Crippen LogP contribution in [0, 0.1) is 0 Å². The smallest absolute Gasteiger partial charge is 0.277 e. The number of rotatable bonds is 7. The van der Waals surface area contributed by atoms with E-state index in [4.69, 9.17) is 11.6 Å². The molecule has 0 aliphatic heterocycles. The Morgan fingerprint density at radius 3 is 2.81 bits per heavy atom. The minimum atomic E-state index is -0.425. The first-order valence-electron chi connectivity index (χ1n) is 7.62. The van der Waals surface area contributed by atoms with Gasteiger partial charge in [0.15, 0.2) is 15.2 Å². The molecule has 0 fully saturated rings. The van der Waals surface area contributed by atoms with Gasteiger partial charge in [-0.1, -0.05) is 83.7 Å². The van der Waals surface area contributed by atoms with Crippen molar-refractivity contribution in [2.45, 2.75) is 22.2 Å². The van der Waals surface area contributed by atoms with E-state index in [1.165, 1.54) is 34.9 Å². The van der Waals surface area contributed by atoms with Gasteiger partial charge in [0.1, 0.15) is 0 Å². The first-order valence-corrected chi connectivity index (χ1v) is 10.8. The van der Waals surface area contributed by atoms with Gasteiger partial charge in [-0.15, -0.1) is 10.2 Å². The van der Waals surface area contributed by atoms with Crippen LogP contribution in [0.25, 0.3) is 0 Å². The van der Waals surface area contributed by atoms with E-state index in [0.29, 0.717) is 10.3 Å². The Balaban J connectivity index is 1.63. The van der Waals surface area contributed by atoms with E-state index in [9.17, 15) is 4.79 Å². The molecular weight excluding hydrogens is 410 g/mol. The van der Waals surface area contributed by atoms with Crippen LogP contribution in [0.5, 0.6) is 0 Å². The lowest BCUT2D eigenvalue weighted by Crippen LogP contribution is -2.15. The second kappa shape index (κ2) is 9.31. The molecule has 134 valence electrons. The molecule has 6 nitrogen and oxygen atoms in total. The maximum atomic E-state index is 12.4. The Morgan fingerprint density at radius 1 is 1.23 bits per heavy atom. The molecule has 0 atom stereocenters. The predicted octanol–water partition coefficient (Wildman–Crippen LogP) is 4.64. The molecule has 2 aromatic heterocycles. The monoisotopic (exact) mass is 423 g/mol. The zero-order valence-corrected chi connectivity index (χ0v) is 16.9.